The maximum Gasteiger partial charge on any atom is 0.308 e. The van der Waals surface area contributed by atoms with Gasteiger partial charge >= 0.3 is 5.97 Å². The number of esters is 1. The second kappa shape index (κ2) is 21.5. The summed E-state index contributed by atoms with van der Waals surface area (Å²) < 4.78 is 69.1. The Kier molecular flexibility index (Phi) is 16.8. The Morgan fingerprint density at radius 2 is 1.48 bits per heavy atom. The minimum absolute atomic E-state index is 0.00819. The molecular weight excluding hydrogens is 972 g/mol. The van der Waals surface area contributed by atoms with E-state index in [-0.39, 0.29) is 104 Å². The van der Waals surface area contributed by atoms with Gasteiger partial charge < -0.3 is 52.2 Å². The van der Waals surface area contributed by atoms with Crippen LogP contribution in [0.3, 0.4) is 0 Å². The smallest absolute Gasteiger partial charge is 0.308 e. The van der Waals surface area contributed by atoms with Gasteiger partial charge in [0.25, 0.3) is 0 Å². The second-order valence-electron chi connectivity index (χ2n) is 21.9. The van der Waals surface area contributed by atoms with E-state index in [1.165, 1.54) is 0 Å². The number of alkyl halides is 1. The van der Waals surface area contributed by atoms with Crippen molar-refractivity contribution in [2.24, 2.45) is 17.8 Å². The molecule has 0 aliphatic carbocycles. The highest BCUT2D eigenvalue weighted by atomic mass is 127. The van der Waals surface area contributed by atoms with Crippen molar-refractivity contribution in [1.29, 1.82) is 0 Å². The Labute approximate surface area is 410 Å². The predicted octanol–water partition coefficient (Wildman–Crippen LogP) is 9.48. The minimum Gasteiger partial charge on any atom is -0.459 e. The summed E-state index contributed by atoms with van der Waals surface area (Å²) >= 11 is 2.44. The van der Waals surface area contributed by atoms with Crippen LogP contribution < -0.4 is 0 Å². The van der Waals surface area contributed by atoms with Crippen molar-refractivity contribution in [2.75, 3.05) is 11.0 Å². The van der Waals surface area contributed by atoms with Crippen molar-refractivity contribution in [3.8, 4) is 0 Å². The van der Waals surface area contributed by atoms with Crippen LogP contribution in [-0.2, 0) is 51.9 Å². The quantitative estimate of drug-likeness (QED) is 0.0590. The topological polar surface area (TPSA) is 130 Å². The molecule has 10 saturated heterocycles. The molecule has 0 aromatic heterocycles. The molecule has 0 spiro atoms. The number of carbonyl (C=O) groups excluding carboxylic acids is 1. The maximum atomic E-state index is 14.3. The fourth-order valence-electron chi connectivity index (χ4n) is 13.1. The van der Waals surface area contributed by atoms with Gasteiger partial charge in [0, 0.05) is 29.6 Å². The average Bonchev–Trinajstić information content (AvgIpc) is 3.80. The van der Waals surface area contributed by atoms with E-state index < -0.39 is 44.1 Å². The van der Waals surface area contributed by atoms with Gasteiger partial charge in [0.2, 0.25) is 0 Å². The van der Waals surface area contributed by atoms with Crippen LogP contribution in [0.5, 0.6) is 0 Å². The van der Waals surface area contributed by atoms with Gasteiger partial charge in [0.1, 0.15) is 12.2 Å². The van der Waals surface area contributed by atoms with E-state index in [1.807, 2.05) is 0 Å². The van der Waals surface area contributed by atoms with Gasteiger partial charge in [-0.1, -0.05) is 83.4 Å². The number of halogens is 1. The zero-order chi connectivity index (χ0) is 47.1. The number of hydrogen-bond donors (Lipinski definition) is 1. The first-order chi connectivity index (χ1) is 31.5. The largest absolute Gasteiger partial charge is 0.459 e. The lowest BCUT2D eigenvalue weighted by Crippen LogP contribution is -2.63. The average molecular weight is 1060 g/mol. The van der Waals surface area contributed by atoms with Crippen LogP contribution in [-0.4, -0.2) is 133 Å². The van der Waals surface area contributed by atoms with Crippen molar-refractivity contribution in [2.45, 2.75) is 253 Å². The van der Waals surface area contributed by atoms with Crippen LogP contribution >= 0.6 is 22.6 Å². The first-order valence-electron chi connectivity index (χ1n) is 25.9. The Morgan fingerprint density at radius 1 is 0.788 bits per heavy atom. The van der Waals surface area contributed by atoms with Gasteiger partial charge in [0.05, 0.1) is 98.0 Å². The molecule has 14 heteroatoms. The normalized spacial score (nSPS) is 47.1. The first kappa shape index (κ1) is 51.6. The molecular formula is C52H83IO12Si. The van der Waals surface area contributed by atoms with Gasteiger partial charge in [0.15, 0.2) is 14.1 Å². The molecule has 374 valence electrons. The lowest BCUT2D eigenvalue weighted by atomic mass is 9.79. The van der Waals surface area contributed by atoms with Gasteiger partial charge in [-0.3, -0.25) is 4.79 Å². The molecule has 10 rings (SSSR count). The standard InChI is InChI=1S/C52H83IO12Si/c1-11-21-56-52(55)29-51(10)20-19-37-23-31(6)38(57-37)17-15-35-22-30(5)33(8)40(58-35)26-42-49(34(9)48-43(61-42)27-41(45(28-53)62-48)65-66(12-2,13-3)14-4)63-46(54)25-36-16-18-39-47(59-36)32(7)24-44(60-39)50(52)64-51/h11,30,32,34-45,47-50,55H,1,6,8,12-29H2,2-5,7,9-10H3/t30-,32-,34+,35+,36?,37+,38+,39+,40?,41-,42+,43+,44-,45-,47-,48+,49-,50?,51-,52?/m1/s1. The molecule has 10 aliphatic rings. The Balaban J connectivity index is 1.05. The minimum atomic E-state index is -1.93. The molecule has 10 heterocycles. The Hall–Kier alpha value is -0.763. The van der Waals surface area contributed by atoms with E-state index in [0.717, 1.165) is 72.2 Å². The summed E-state index contributed by atoms with van der Waals surface area (Å²) in [5, 5.41) is 12.2. The zero-order valence-corrected chi connectivity index (χ0v) is 44.3. The highest BCUT2D eigenvalue weighted by molar-refractivity contribution is 14.1. The molecule has 20 atom stereocenters. The number of hydrogen-bond acceptors (Lipinski definition) is 12. The number of aliphatic hydroxyl groups is 1. The second-order valence-corrected chi connectivity index (χ2v) is 27.5. The Morgan fingerprint density at radius 3 is 2.21 bits per heavy atom. The van der Waals surface area contributed by atoms with Crippen molar-refractivity contribution in [1.82, 2.24) is 0 Å². The number of carbonyl (C=O) groups is 1. The van der Waals surface area contributed by atoms with Crippen LogP contribution in [0.15, 0.2) is 37.0 Å². The van der Waals surface area contributed by atoms with Crippen molar-refractivity contribution in [3.63, 3.8) is 0 Å². The molecule has 0 amide bonds. The van der Waals surface area contributed by atoms with Crippen LogP contribution in [0.1, 0.15) is 132 Å². The molecule has 1 N–H and O–H groups in total. The number of fused-ring (bicyclic) bond motifs is 3. The van der Waals surface area contributed by atoms with E-state index >= 15 is 0 Å². The van der Waals surface area contributed by atoms with Crippen molar-refractivity contribution < 1.29 is 57.0 Å². The summed E-state index contributed by atoms with van der Waals surface area (Å²) in [6, 6.07) is 3.21. The van der Waals surface area contributed by atoms with E-state index in [0.29, 0.717) is 38.5 Å². The third kappa shape index (κ3) is 11.0. The molecule has 10 fully saturated rings. The molecule has 0 radical (unpaired) electrons. The summed E-state index contributed by atoms with van der Waals surface area (Å²) in [5.74, 6) is -1.64. The van der Waals surface area contributed by atoms with E-state index in [4.69, 9.17) is 47.1 Å². The van der Waals surface area contributed by atoms with Crippen LogP contribution in [0.4, 0.5) is 0 Å². The SMILES string of the molecule is C=CCOC1(O)C[C@@]2(C)CC[C@H]3CC(=C)[C@H](CC[C@H]4C[C@@H](C)C(=C)C(C[C@@H]5O[C@H]6C[C@@H](O[Si](CC)(CC)CC)[C@@H](CI)O[C@H]6[C@H](C)[C@H]5OC(=O)CC5CC[C@@H]6O[C@H](C[C@@H](C)[C@H]6O5)C1O2)O4)O3. The third-order valence-electron chi connectivity index (χ3n) is 17.3. The van der Waals surface area contributed by atoms with Crippen LogP contribution in [0, 0.1) is 17.8 Å². The van der Waals surface area contributed by atoms with Gasteiger partial charge in [-0.25, -0.2) is 0 Å². The van der Waals surface area contributed by atoms with E-state index in [9.17, 15) is 9.90 Å². The molecule has 10 aliphatic heterocycles. The lowest BCUT2D eigenvalue weighted by Gasteiger charge is -2.52. The number of ether oxygens (including phenoxy) is 9. The van der Waals surface area contributed by atoms with Crippen molar-refractivity contribution >= 4 is 36.9 Å². The third-order valence-corrected chi connectivity index (χ3v) is 22.8. The zero-order valence-electron chi connectivity index (χ0n) is 41.1. The first-order valence-corrected chi connectivity index (χ1v) is 29.9. The highest BCUT2D eigenvalue weighted by Gasteiger charge is 2.60. The molecule has 10 bridgehead atoms. The van der Waals surface area contributed by atoms with Crippen LogP contribution in [0.25, 0.3) is 0 Å². The molecule has 66 heavy (non-hydrogen) atoms. The van der Waals surface area contributed by atoms with Crippen LogP contribution in [0.2, 0.25) is 18.1 Å². The molecule has 0 aromatic rings. The summed E-state index contributed by atoms with van der Waals surface area (Å²) in [7, 11) is -1.93. The van der Waals surface area contributed by atoms with E-state index in [1.54, 1.807) is 6.08 Å². The van der Waals surface area contributed by atoms with E-state index in [2.05, 4.69) is 90.8 Å². The van der Waals surface area contributed by atoms with Gasteiger partial charge in [-0.05, 0) is 106 Å². The summed E-state index contributed by atoms with van der Waals surface area (Å²) in [4.78, 5) is 14.3. The van der Waals surface area contributed by atoms with Crippen molar-refractivity contribution in [3.05, 3.63) is 37.0 Å². The molecule has 0 saturated carbocycles. The molecule has 0 aromatic carbocycles. The Bertz CT molecular complexity index is 1710. The predicted molar refractivity (Wildman–Crippen MR) is 263 cm³/mol. The monoisotopic (exact) mass is 1050 g/mol. The summed E-state index contributed by atoms with van der Waals surface area (Å²) in [6.45, 7) is 28.6. The highest BCUT2D eigenvalue weighted by Crippen LogP contribution is 2.49. The lowest BCUT2D eigenvalue weighted by molar-refractivity contribution is -0.283. The summed E-state index contributed by atoms with van der Waals surface area (Å²) in [5.41, 5.74) is 1.52. The fraction of sp³-hybridized carbons (Fsp3) is 0.865. The molecule has 4 unspecified atom stereocenters. The fourth-order valence-corrected chi connectivity index (χ4v) is 16.8. The summed E-state index contributed by atoms with van der Waals surface area (Å²) in [6.07, 6.45) is 6.48. The molecule has 12 nitrogen and oxygen atoms in total. The van der Waals surface area contributed by atoms with Gasteiger partial charge in [-0.15, -0.1) is 6.58 Å². The number of rotatable bonds is 9. The van der Waals surface area contributed by atoms with Gasteiger partial charge in [-0.2, -0.15) is 0 Å². The maximum absolute atomic E-state index is 14.3.